The molecule has 2 aromatic rings. The molecule has 3 rings (SSSR count). The summed E-state index contributed by atoms with van der Waals surface area (Å²) in [6.45, 7) is 15.0. The van der Waals surface area contributed by atoms with Gasteiger partial charge >= 0.3 is 0 Å². The fourth-order valence-corrected chi connectivity index (χ4v) is 5.71. The van der Waals surface area contributed by atoms with Crippen LogP contribution in [0.25, 0.3) is 0 Å². The number of terminal acetylenes is 1. The molecule has 0 spiro atoms. The van der Waals surface area contributed by atoms with Crippen LogP contribution >= 0.6 is 0 Å². The molecule has 5 N–H and O–H groups in total. The molecule has 2 amide bonds. The number of rotatable bonds is 14. The number of aryl methyl sites for hydroxylation is 2. The van der Waals surface area contributed by atoms with E-state index in [1.807, 2.05) is 38.1 Å². The summed E-state index contributed by atoms with van der Waals surface area (Å²) in [6.07, 6.45) is 15.5. The first-order chi connectivity index (χ1) is 24.2. The lowest BCUT2D eigenvalue weighted by molar-refractivity contribution is -0.129. The first kappa shape index (κ1) is 49.9. The van der Waals surface area contributed by atoms with Gasteiger partial charge in [0.1, 0.15) is 6.04 Å². The molecule has 1 saturated carbocycles. The molecule has 0 aromatic heterocycles. The Balaban J connectivity index is 0. The van der Waals surface area contributed by atoms with Crippen LogP contribution in [0, 0.1) is 31.1 Å². The average Bonchev–Trinajstić information content (AvgIpc) is 3.11. The molecule has 0 unspecified atom stereocenters. The van der Waals surface area contributed by atoms with E-state index in [0.717, 1.165) is 18.8 Å². The molecule has 2 aromatic carbocycles. The molecule has 0 saturated heterocycles. The zero-order valence-corrected chi connectivity index (χ0v) is 33.6. The second-order valence-electron chi connectivity index (χ2n) is 13.5. The summed E-state index contributed by atoms with van der Waals surface area (Å²) in [7, 11) is -3.39. The monoisotopic (exact) mass is 730 g/mol. The number of sulfone groups is 1. The first-order valence-electron chi connectivity index (χ1n) is 18.9. The van der Waals surface area contributed by atoms with Crippen molar-refractivity contribution in [2.24, 2.45) is 17.6 Å². The van der Waals surface area contributed by atoms with Crippen molar-refractivity contribution in [1.82, 2.24) is 10.6 Å². The van der Waals surface area contributed by atoms with Crippen molar-refractivity contribution in [2.45, 2.75) is 131 Å². The highest BCUT2D eigenvalue weighted by Gasteiger charge is 2.21. The molecule has 0 heterocycles. The molecule has 1 aliphatic carbocycles. The van der Waals surface area contributed by atoms with Gasteiger partial charge < -0.3 is 21.5 Å². The number of aliphatic hydroxyl groups excluding tert-OH is 1. The van der Waals surface area contributed by atoms with Crippen LogP contribution in [0.3, 0.4) is 0 Å². The highest BCUT2D eigenvalue weighted by Crippen LogP contribution is 2.22. The Labute approximate surface area is 312 Å². The Morgan fingerprint density at radius 3 is 1.88 bits per heavy atom. The van der Waals surface area contributed by atoms with Crippen LogP contribution in [0.5, 0.6) is 0 Å². The molecular formula is C42H71N3O5S. The van der Waals surface area contributed by atoms with Crippen molar-refractivity contribution >= 4 is 21.7 Å². The van der Waals surface area contributed by atoms with E-state index in [9.17, 15) is 23.1 Å². The Morgan fingerprint density at radius 2 is 1.49 bits per heavy atom. The number of hydrogen-bond acceptors (Lipinski definition) is 6. The van der Waals surface area contributed by atoms with E-state index in [4.69, 9.17) is 12.2 Å². The highest BCUT2D eigenvalue weighted by molar-refractivity contribution is 7.91. The number of benzene rings is 2. The Bertz CT molecular complexity index is 1260. The summed E-state index contributed by atoms with van der Waals surface area (Å²) < 4.78 is 23.1. The minimum atomic E-state index is -3.39. The summed E-state index contributed by atoms with van der Waals surface area (Å²) in [5.41, 5.74) is 7.93. The van der Waals surface area contributed by atoms with Crippen LogP contribution in [0.4, 0.5) is 0 Å². The van der Waals surface area contributed by atoms with Gasteiger partial charge in [-0.15, -0.1) is 12.3 Å². The summed E-state index contributed by atoms with van der Waals surface area (Å²) >= 11 is 0. The Morgan fingerprint density at radius 1 is 0.941 bits per heavy atom. The van der Waals surface area contributed by atoms with Gasteiger partial charge in [0.15, 0.2) is 9.84 Å². The lowest BCUT2D eigenvalue weighted by Crippen LogP contribution is -2.48. The number of nitrogens with one attached hydrogen (secondary N) is 2. The topological polar surface area (TPSA) is 139 Å². The van der Waals surface area contributed by atoms with Gasteiger partial charge in [-0.25, -0.2) is 8.42 Å². The quantitative estimate of drug-likeness (QED) is 0.149. The standard InChI is InChI=1S/C17H31N3O5S.C8H10.C7H14.C7H8.C3H8/c1-4-5-15(17(23)19-12-14(21)7-6-13(2)3)20-16(22)8-10-26(24,25)11-9-18;1-2-8-6-4-3-5-7-8;2*1-7-5-3-2-4-6-7;1-3-2/h1,13-15,21H,5-12,18H2,2-3H3,(H,19,23)(H,20,22);3-7H,2H2,1H3;7H,2-6H2,1H3;2-6H,1H3;3H2,1-2H3/t14-,15-;;;;/m0..../s1. The van der Waals surface area contributed by atoms with E-state index >= 15 is 0 Å². The predicted octanol–water partition coefficient (Wildman–Crippen LogP) is 7.42. The summed E-state index contributed by atoms with van der Waals surface area (Å²) in [6, 6.07) is 19.7. The normalized spacial score (nSPS) is 13.4. The molecule has 51 heavy (non-hydrogen) atoms. The van der Waals surface area contributed by atoms with Crippen LogP contribution in [0.2, 0.25) is 0 Å². The van der Waals surface area contributed by atoms with E-state index < -0.39 is 33.8 Å². The highest BCUT2D eigenvalue weighted by atomic mass is 32.2. The maximum Gasteiger partial charge on any atom is 0.243 e. The SMILES string of the molecule is C#CC[C@H](NC(=O)CCS(=O)(=O)CCN)C(=O)NC[C@@H](O)CCC(C)C.CC1CCCCC1.CCC.CCc1ccccc1.Cc1ccccc1. The molecule has 1 fully saturated rings. The molecule has 8 nitrogen and oxygen atoms in total. The lowest BCUT2D eigenvalue weighted by atomic mass is 9.91. The number of aliphatic hydroxyl groups is 1. The van der Waals surface area contributed by atoms with Crippen molar-refractivity contribution in [1.29, 1.82) is 0 Å². The fraction of sp³-hybridized carbons (Fsp3) is 0.619. The molecule has 2 atom stereocenters. The van der Waals surface area contributed by atoms with Crippen LogP contribution in [0.1, 0.15) is 117 Å². The van der Waals surface area contributed by atoms with Gasteiger partial charge in [-0.1, -0.05) is 146 Å². The van der Waals surface area contributed by atoms with E-state index in [2.05, 4.69) is 87.6 Å². The van der Waals surface area contributed by atoms with Crippen LogP contribution in [0.15, 0.2) is 60.7 Å². The third-order valence-electron chi connectivity index (χ3n) is 7.72. The number of carbonyl (C=O) groups excluding carboxylic acids is 2. The van der Waals surface area contributed by atoms with Crippen molar-refractivity contribution in [2.75, 3.05) is 24.6 Å². The Hall–Kier alpha value is -3.19. The van der Waals surface area contributed by atoms with Crippen molar-refractivity contribution in [3.63, 3.8) is 0 Å². The smallest absolute Gasteiger partial charge is 0.243 e. The largest absolute Gasteiger partial charge is 0.391 e. The van der Waals surface area contributed by atoms with Gasteiger partial charge in [-0.3, -0.25) is 9.59 Å². The molecule has 290 valence electrons. The van der Waals surface area contributed by atoms with E-state index in [-0.39, 0.29) is 37.4 Å². The van der Waals surface area contributed by atoms with Gasteiger partial charge in [-0.05, 0) is 43.6 Å². The lowest BCUT2D eigenvalue weighted by Gasteiger charge is -2.18. The van der Waals surface area contributed by atoms with Gasteiger partial charge in [0.2, 0.25) is 11.8 Å². The minimum Gasteiger partial charge on any atom is -0.391 e. The average molecular weight is 730 g/mol. The maximum atomic E-state index is 12.1. The fourth-order valence-electron chi connectivity index (χ4n) is 4.65. The second-order valence-corrected chi connectivity index (χ2v) is 15.8. The van der Waals surface area contributed by atoms with E-state index in [1.54, 1.807) is 0 Å². The minimum absolute atomic E-state index is 0.00872. The number of hydrogen-bond donors (Lipinski definition) is 4. The van der Waals surface area contributed by atoms with Crippen LogP contribution in [-0.2, 0) is 25.8 Å². The number of nitrogens with two attached hydrogens (primary N) is 1. The first-order valence-corrected chi connectivity index (χ1v) is 20.7. The summed E-state index contributed by atoms with van der Waals surface area (Å²) in [5, 5.41) is 14.8. The van der Waals surface area contributed by atoms with Crippen LogP contribution in [-0.4, -0.2) is 62.1 Å². The number of carbonyl (C=O) groups is 2. The zero-order valence-electron chi connectivity index (χ0n) is 32.8. The zero-order chi connectivity index (χ0) is 38.9. The van der Waals surface area contributed by atoms with Crippen molar-refractivity contribution in [3.8, 4) is 12.3 Å². The van der Waals surface area contributed by atoms with Crippen molar-refractivity contribution in [3.05, 3.63) is 71.8 Å². The summed E-state index contributed by atoms with van der Waals surface area (Å²) in [4.78, 5) is 24.0. The van der Waals surface area contributed by atoms with E-state index in [0.29, 0.717) is 12.3 Å². The van der Waals surface area contributed by atoms with Crippen molar-refractivity contribution < 1.29 is 23.1 Å². The molecule has 9 heteroatoms. The third kappa shape index (κ3) is 32.5. The molecule has 0 aliphatic heterocycles. The van der Waals surface area contributed by atoms with Crippen LogP contribution < -0.4 is 16.4 Å². The van der Waals surface area contributed by atoms with Gasteiger partial charge in [0.05, 0.1) is 17.6 Å². The van der Waals surface area contributed by atoms with Gasteiger partial charge in [0.25, 0.3) is 0 Å². The summed E-state index contributed by atoms with van der Waals surface area (Å²) in [5.74, 6) is 2.16. The van der Waals surface area contributed by atoms with Gasteiger partial charge in [-0.2, -0.15) is 0 Å². The Kier molecular flexibility index (Phi) is 32.0. The second kappa shape index (κ2) is 32.7. The molecule has 1 aliphatic rings. The van der Waals surface area contributed by atoms with E-state index in [1.165, 1.54) is 49.7 Å². The number of amides is 2. The third-order valence-corrected chi connectivity index (χ3v) is 9.40. The molecular weight excluding hydrogens is 659 g/mol. The predicted molar refractivity (Wildman–Crippen MR) is 216 cm³/mol. The van der Waals surface area contributed by atoms with Gasteiger partial charge in [0, 0.05) is 25.9 Å². The molecule has 0 radical (unpaired) electrons. The molecule has 0 bridgehead atoms. The maximum absolute atomic E-state index is 12.1.